The average Bonchev–Trinajstić information content (AvgIpc) is 2.31. The van der Waals surface area contributed by atoms with Crippen LogP contribution in [0.2, 0.25) is 0 Å². The summed E-state index contributed by atoms with van der Waals surface area (Å²) in [5.41, 5.74) is 0.819. The predicted molar refractivity (Wildman–Crippen MR) is 70.1 cm³/mol. The molecule has 1 aromatic carbocycles. The molecule has 0 N–H and O–H groups in total. The van der Waals surface area contributed by atoms with Crippen molar-refractivity contribution in [2.24, 2.45) is 0 Å². The van der Waals surface area contributed by atoms with Gasteiger partial charge in [0.15, 0.2) is 0 Å². The van der Waals surface area contributed by atoms with Crippen molar-refractivity contribution in [3.63, 3.8) is 0 Å². The van der Waals surface area contributed by atoms with Gasteiger partial charge in [-0.2, -0.15) is 13.2 Å². The normalized spacial score (nSPS) is 11.6. The Morgan fingerprint density at radius 1 is 1.00 bits per heavy atom. The highest BCUT2D eigenvalue weighted by Crippen LogP contribution is 2.33. The lowest BCUT2D eigenvalue weighted by Gasteiger charge is -2.09. The van der Waals surface area contributed by atoms with E-state index in [-0.39, 0.29) is 0 Å². The van der Waals surface area contributed by atoms with Crippen LogP contribution in [-0.4, -0.2) is 4.98 Å². The van der Waals surface area contributed by atoms with Gasteiger partial charge in [0.1, 0.15) is 4.60 Å². The van der Waals surface area contributed by atoms with Crippen molar-refractivity contribution in [3.05, 3.63) is 51.2 Å². The Kier molecular flexibility index (Phi) is 3.77. The standard InChI is InChI=1S/C12H6Br2F3N/c13-10-6-18-11(14)5-9(10)7-1-3-8(4-2-7)12(15,16)17/h1-6H. The lowest BCUT2D eigenvalue weighted by Crippen LogP contribution is -2.04. The fourth-order valence-electron chi connectivity index (χ4n) is 1.47. The highest BCUT2D eigenvalue weighted by Gasteiger charge is 2.30. The van der Waals surface area contributed by atoms with Gasteiger partial charge in [-0.1, -0.05) is 12.1 Å². The molecule has 0 aliphatic carbocycles. The van der Waals surface area contributed by atoms with E-state index in [2.05, 4.69) is 36.8 Å². The van der Waals surface area contributed by atoms with E-state index in [1.165, 1.54) is 12.1 Å². The second-order valence-electron chi connectivity index (χ2n) is 3.56. The molecule has 0 saturated carbocycles. The summed E-state index contributed by atoms with van der Waals surface area (Å²) in [6.45, 7) is 0. The van der Waals surface area contributed by atoms with Crippen molar-refractivity contribution in [1.82, 2.24) is 4.98 Å². The molecule has 6 heteroatoms. The van der Waals surface area contributed by atoms with Crippen LogP contribution >= 0.6 is 31.9 Å². The van der Waals surface area contributed by atoms with Crippen molar-refractivity contribution in [1.29, 1.82) is 0 Å². The summed E-state index contributed by atoms with van der Waals surface area (Å²) in [6, 6.07) is 6.75. The second kappa shape index (κ2) is 5.01. The summed E-state index contributed by atoms with van der Waals surface area (Å²) in [5.74, 6) is 0. The van der Waals surface area contributed by atoms with Crippen LogP contribution in [0.3, 0.4) is 0 Å². The maximum absolute atomic E-state index is 12.4. The first-order valence-corrected chi connectivity index (χ1v) is 6.45. The van der Waals surface area contributed by atoms with Gasteiger partial charge in [0.25, 0.3) is 0 Å². The first-order chi connectivity index (χ1) is 8.38. The first-order valence-electron chi connectivity index (χ1n) is 4.86. The summed E-state index contributed by atoms with van der Waals surface area (Å²) >= 11 is 6.55. The van der Waals surface area contributed by atoms with Crippen molar-refractivity contribution in [3.8, 4) is 11.1 Å². The van der Waals surface area contributed by atoms with Crippen molar-refractivity contribution < 1.29 is 13.2 Å². The van der Waals surface area contributed by atoms with E-state index >= 15 is 0 Å². The van der Waals surface area contributed by atoms with Crippen LogP contribution in [0, 0.1) is 0 Å². The summed E-state index contributed by atoms with van der Waals surface area (Å²) in [5, 5.41) is 0. The number of hydrogen-bond donors (Lipinski definition) is 0. The second-order valence-corrected chi connectivity index (χ2v) is 5.23. The molecule has 0 unspecified atom stereocenters. The number of hydrogen-bond acceptors (Lipinski definition) is 1. The lowest BCUT2D eigenvalue weighted by atomic mass is 10.1. The Labute approximate surface area is 118 Å². The molecule has 0 aliphatic heterocycles. The number of pyridine rings is 1. The molecule has 0 aliphatic rings. The van der Waals surface area contributed by atoms with Gasteiger partial charge in [-0.25, -0.2) is 4.98 Å². The third-order valence-electron chi connectivity index (χ3n) is 2.35. The van der Waals surface area contributed by atoms with Gasteiger partial charge in [0.2, 0.25) is 0 Å². The Morgan fingerprint density at radius 2 is 1.61 bits per heavy atom. The van der Waals surface area contributed by atoms with E-state index < -0.39 is 11.7 Å². The molecule has 0 atom stereocenters. The summed E-state index contributed by atoms with van der Waals surface area (Å²) in [7, 11) is 0. The third-order valence-corrected chi connectivity index (χ3v) is 3.41. The van der Waals surface area contributed by atoms with Crippen LogP contribution in [0.4, 0.5) is 13.2 Å². The summed E-state index contributed by atoms with van der Waals surface area (Å²) in [4.78, 5) is 4.01. The van der Waals surface area contributed by atoms with E-state index in [0.29, 0.717) is 10.2 Å². The minimum Gasteiger partial charge on any atom is -0.248 e. The minimum absolute atomic E-state index is 0.626. The molecular formula is C12H6Br2F3N. The van der Waals surface area contributed by atoms with E-state index in [9.17, 15) is 13.2 Å². The fourth-order valence-corrected chi connectivity index (χ4v) is 2.25. The molecular weight excluding hydrogens is 375 g/mol. The molecule has 0 radical (unpaired) electrons. The Bertz CT molecular complexity index is 565. The number of alkyl halides is 3. The fraction of sp³-hybridized carbons (Fsp3) is 0.0833. The maximum atomic E-state index is 12.4. The smallest absolute Gasteiger partial charge is 0.248 e. The van der Waals surface area contributed by atoms with E-state index in [1.807, 2.05) is 0 Å². The molecule has 0 fully saturated rings. The van der Waals surface area contributed by atoms with Gasteiger partial charge >= 0.3 is 6.18 Å². The van der Waals surface area contributed by atoms with Crippen molar-refractivity contribution in [2.45, 2.75) is 6.18 Å². The zero-order chi connectivity index (χ0) is 13.3. The van der Waals surface area contributed by atoms with Gasteiger partial charge < -0.3 is 0 Å². The SMILES string of the molecule is FC(F)(F)c1ccc(-c2cc(Br)ncc2Br)cc1. The monoisotopic (exact) mass is 379 g/mol. The molecule has 2 rings (SSSR count). The summed E-state index contributed by atoms with van der Waals surface area (Å²) in [6.07, 6.45) is -2.72. The Balaban J connectivity index is 2.43. The molecule has 1 nitrogen and oxygen atoms in total. The zero-order valence-electron chi connectivity index (χ0n) is 8.80. The highest BCUT2D eigenvalue weighted by atomic mass is 79.9. The first kappa shape index (κ1) is 13.5. The minimum atomic E-state index is -4.31. The largest absolute Gasteiger partial charge is 0.416 e. The Hall–Kier alpha value is -0.880. The number of benzene rings is 1. The molecule has 0 spiro atoms. The zero-order valence-corrected chi connectivity index (χ0v) is 12.0. The molecule has 0 saturated heterocycles. The van der Waals surface area contributed by atoms with Gasteiger partial charge in [-0.15, -0.1) is 0 Å². The number of halogens is 5. The molecule has 2 aromatic rings. The van der Waals surface area contributed by atoms with E-state index in [4.69, 9.17) is 0 Å². The van der Waals surface area contributed by atoms with Crippen molar-refractivity contribution >= 4 is 31.9 Å². The number of aromatic nitrogens is 1. The number of rotatable bonds is 1. The molecule has 0 amide bonds. The van der Waals surface area contributed by atoms with E-state index in [1.54, 1.807) is 12.3 Å². The lowest BCUT2D eigenvalue weighted by molar-refractivity contribution is -0.137. The topological polar surface area (TPSA) is 12.9 Å². The van der Waals surface area contributed by atoms with Gasteiger partial charge in [-0.3, -0.25) is 0 Å². The van der Waals surface area contributed by atoms with E-state index in [0.717, 1.165) is 22.2 Å². The summed E-state index contributed by atoms with van der Waals surface area (Å²) < 4.78 is 38.7. The molecule has 0 bridgehead atoms. The molecule has 94 valence electrons. The molecule has 1 heterocycles. The maximum Gasteiger partial charge on any atom is 0.416 e. The van der Waals surface area contributed by atoms with Gasteiger partial charge in [0.05, 0.1) is 5.56 Å². The third kappa shape index (κ3) is 2.92. The average molecular weight is 381 g/mol. The van der Waals surface area contributed by atoms with Crippen LogP contribution < -0.4 is 0 Å². The van der Waals surface area contributed by atoms with Crippen LogP contribution in [0.15, 0.2) is 45.6 Å². The predicted octanol–water partition coefficient (Wildman–Crippen LogP) is 5.29. The van der Waals surface area contributed by atoms with Crippen LogP contribution in [-0.2, 0) is 6.18 Å². The molecule has 1 aromatic heterocycles. The Morgan fingerprint density at radius 3 is 2.17 bits per heavy atom. The van der Waals surface area contributed by atoms with Gasteiger partial charge in [-0.05, 0) is 55.6 Å². The van der Waals surface area contributed by atoms with Crippen LogP contribution in [0.5, 0.6) is 0 Å². The van der Waals surface area contributed by atoms with Crippen LogP contribution in [0.25, 0.3) is 11.1 Å². The van der Waals surface area contributed by atoms with Gasteiger partial charge in [0, 0.05) is 16.2 Å². The van der Waals surface area contributed by atoms with Crippen LogP contribution in [0.1, 0.15) is 5.56 Å². The number of nitrogens with zero attached hydrogens (tertiary/aromatic N) is 1. The highest BCUT2D eigenvalue weighted by molar-refractivity contribution is 9.11. The molecule has 18 heavy (non-hydrogen) atoms. The van der Waals surface area contributed by atoms with Crippen molar-refractivity contribution in [2.75, 3.05) is 0 Å². The quantitative estimate of drug-likeness (QED) is 0.612.